The van der Waals surface area contributed by atoms with E-state index in [2.05, 4.69) is 24.4 Å². The summed E-state index contributed by atoms with van der Waals surface area (Å²) in [4.78, 5) is 12.4. The van der Waals surface area contributed by atoms with Crippen molar-refractivity contribution < 1.29 is 9.53 Å². The summed E-state index contributed by atoms with van der Waals surface area (Å²) >= 11 is 0. The molecule has 98 valence electrons. The molecule has 0 aliphatic carbocycles. The summed E-state index contributed by atoms with van der Waals surface area (Å²) in [5.41, 5.74) is 4.22. The van der Waals surface area contributed by atoms with Crippen molar-refractivity contribution in [3.8, 4) is 0 Å². The molecule has 0 radical (unpaired) electrons. The Morgan fingerprint density at radius 2 is 2.00 bits per heavy atom. The van der Waals surface area contributed by atoms with Gasteiger partial charge in [-0.15, -0.1) is 0 Å². The van der Waals surface area contributed by atoms with Gasteiger partial charge in [-0.25, -0.2) is 0 Å². The van der Waals surface area contributed by atoms with Crippen molar-refractivity contribution in [2.45, 2.75) is 33.3 Å². The normalized spacial score (nSPS) is 19.8. The Balaban J connectivity index is 2.13. The quantitative estimate of drug-likeness (QED) is 0.832. The van der Waals surface area contributed by atoms with Crippen LogP contribution in [0.2, 0.25) is 0 Å². The fourth-order valence-corrected chi connectivity index (χ4v) is 2.68. The van der Waals surface area contributed by atoms with Crippen LogP contribution in [0.3, 0.4) is 0 Å². The van der Waals surface area contributed by atoms with Gasteiger partial charge >= 0.3 is 0 Å². The number of carbonyl (C=O) groups excluding carboxylic acids is 1. The fraction of sp³-hybridized carbons (Fsp3) is 0.533. The van der Waals surface area contributed by atoms with E-state index in [1.807, 2.05) is 13.8 Å². The summed E-state index contributed by atoms with van der Waals surface area (Å²) in [7, 11) is 0. The van der Waals surface area contributed by atoms with Crippen LogP contribution in [0.5, 0.6) is 0 Å². The van der Waals surface area contributed by atoms with Gasteiger partial charge in [-0.05, 0) is 31.9 Å². The van der Waals surface area contributed by atoms with Gasteiger partial charge in [0, 0.05) is 25.1 Å². The van der Waals surface area contributed by atoms with Crippen LogP contribution in [0.4, 0.5) is 0 Å². The van der Waals surface area contributed by atoms with E-state index in [4.69, 9.17) is 4.74 Å². The zero-order chi connectivity index (χ0) is 13.1. The standard InChI is InChI=1S/C15H21NO2/c1-10-6-11(2)15(12(3)7-10)14(17)8-13-9-16-4-5-18-13/h6-7,13,16H,4-5,8-9H2,1-3H3. The third-order valence-corrected chi connectivity index (χ3v) is 3.37. The highest BCUT2D eigenvalue weighted by atomic mass is 16.5. The van der Waals surface area contributed by atoms with Crippen molar-refractivity contribution in [2.75, 3.05) is 19.7 Å². The van der Waals surface area contributed by atoms with Gasteiger partial charge in [0.25, 0.3) is 0 Å². The predicted octanol–water partition coefficient (Wildman–Crippen LogP) is 2.17. The van der Waals surface area contributed by atoms with Crippen LogP contribution >= 0.6 is 0 Å². The Hall–Kier alpha value is -1.19. The maximum absolute atomic E-state index is 12.4. The van der Waals surface area contributed by atoms with Gasteiger partial charge in [-0.1, -0.05) is 17.7 Å². The van der Waals surface area contributed by atoms with E-state index in [9.17, 15) is 4.79 Å². The van der Waals surface area contributed by atoms with Crippen LogP contribution in [-0.2, 0) is 4.74 Å². The predicted molar refractivity (Wildman–Crippen MR) is 72.2 cm³/mol. The minimum absolute atomic E-state index is 0.0198. The van der Waals surface area contributed by atoms with Gasteiger partial charge in [0.1, 0.15) is 0 Å². The number of aryl methyl sites for hydroxylation is 3. The number of morpholine rings is 1. The number of rotatable bonds is 3. The smallest absolute Gasteiger partial charge is 0.166 e. The van der Waals surface area contributed by atoms with E-state index in [1.165, 1.54) is 5.56 Å². The Bertz CT molecular complexity index is 425. The molecule has 1 atom stereocenters. The second-order valence-corrected chi connectivity index (χ2v) is 5.10. The highest BCUT2D eigenvalue weighted by Crippen LogP contribution is 2.19. The van der Waals surface area contributed by atoms with Crippen molar-refractivity contribution in [1.82, 2.24) is 5.32 Å². The van der Waals surface area contributed by atoms with E-state index in [-0.39, 0.29) is 11.9 Å². The molecule has 1 aliphatic rings. The molecule has 1 heterocycles. The molecule has 1 aliphatic heterocycles. The second-order valence-electron chi connectivity index (χ2n) is 5.10. The van der Waals surface area contributed by atoms with Gasteiger partial charge in [0.2, 0.25) is 0 Å². The Morgan fingerprint density at radius 3 is 2.56 bits per heavy atom. The van der Waals surface area contributed by atoms with Crippen LogP contribution < -0.4 is 5.32 Å². The van der Waals surface area contributed by atoms with Gasteiger partial charge in [-0.3, -0.25) is 4.79 Å². The second kappa shape index (κ2) is 5.63. The minimum atomic E-state index is 0.0198. The van der Waals surface area contributed by atoms with E-state index in [0.29, 0.717) is 13.0 Å². The molecule has 1 aromatic carbocycles. The Labute approximate surface area is 109 Å². The molecule has 18 heavy (non-hydrogen) atoms. The molecule has 0 saturated carbocycles. The number of hydrogen-bond donors (Lipinski definition) is 1. The van der Waals surface area contributed by atoms with E-state index in [1.54, 1.807) is 0 Å². The molecule has 1 saturated heterocycles. The van der Waals surface area contributed by atoms with Crippen molar-refractivity contribution >= 4 is 5.78 Å². The van der Waals surface area contributed by atoms with Gasteiger partial charge in [-0.2, -0.15) is 0 Å². The van der Waals surface area contributed by atoms with Crippen molar-refractivity contribution in [2.24, 2.45) is 0 Å². The van der Waals surface area contributed by atoms with Crippen LogP contribution in [0.1, 0.15) is 33.5 Å². The monoisotopic (exact) mass is 247 g/mol. The summed E-state index contributed by atoms with van der Waals surface area (Å²) in [5.74, 6) is 0.193. The van der Waals surface area contributed by atoms with E-state index >= 15 is 0 Å². The molecule has 1 unspecified atom stereocenters. The van der Waals surface area contributed by atoms with Crippen LogP contribution in [0, 0.1) is 20.8 Å². The minimum Gasteiger partial charge on any atom is -0.375 e. The molecule has 1 fully saturated rings. The van der Waals surface area contributed by atoms with Crippen LogP contribution in [-0.4, -0.2) is 31.6 Å². The number of ketones is 1. The summed E-state index contributed by atoms with van der Waals surface area (Å²) in [6.45, 7) is 8.43. The number of ether oxygens (including phenoxy) is 1. The maximum atomic E-state index is 12.4. The molecule has 3 nitrogen and oxygen atoms in total. The third-order valence-electron chi connectivity index (χ3n) is 3.37. The molecule has 1 N–H and O–H groups in total. The fourth-order valence-electron chi connectivity index (χ4n) is 2.68. The zero-order valence-corrected chi connectivity index (χ0v) is 11.4. The molecule has 1 aromatic rings. The molecule has 0 aromatic heterocycles. The van der Waals surface area contributed by atoms with Crippen LogP contribution in [0.25, 0.3) is 0 Å². The molecule has 0 amide bonds. The molecule has 2 rings (SSSR count). The van der Waals surface area contributed by atoms with Gasteiger partial charge < -0.3 is 10.1 Å². The molecule has 0 spiro atoms. The van der Waals surface area contributed by atoms with Crippen LogP contribution in [0.15, 0.2) is 12.1 Å². The number of nitrogens with one attached hydrogen (secondary N) is 1. The van der Waals surface area contributed by atoms with Crippen molar-refractivity contribution in [3.05, 3.63) is 34.4 Å². The first kappa shape index (κ1) is 13.2. The van der Waals surface area contributed by atoms with Crippen molar-refractivity contribution in [3.63, 3.8) is 0 Å². The molecule has 0 bridgehead atoms. The SMILES string of the molecule is Cc1cc(C)c(C(=O)CC2CNCCO2)c(C)c1. The average Bonchev–Trinajstić information content (AvgIpc) is 2.28. The number of benzene rings is 1. The first-order chi connectivity index (χ1) is 8.58. The number of carbonyl (C=O) groups is 1. The average molecular weight is 247 g/mol. The largest absolute Gasteiger partial charge is 0.375 e. The Morgan fingerprint density at radius 1 is 1.33 bits per heavy atom. The highest BCUT2D eigenvalue weighted by Gasteiger charge is 2.20. The lowest BCUT2D eigenvalue weighted by Gasteiger charge is -2.23. The van der Waals surface area contributed by atoms with Gasteiger partial charge in [0.15, 0.2) is 5.78 Å². The molecular weight excluding hydrogens is 226 g/mol. The molecule has 3 heteroatoms. The first-order valence-corrected chi connectivity index (χ1v) is 6.51. The third kappa shape index (κ3) is 2.98. The summed E-state index contributed by atoms with van der Waals surface area (Å²) in [6.07, 6.45) is 0.490. The summed E-state index contributed by atoms with van der Waals surface area (Å²) < 4.78 is 5.59. The summed E-state index contributed by atoms with van der Waals surface area (Å²) in [5, 5.41) is 3.25. The lowest BCUT2D eigenvalue weighted by atomic mass is 9.94. The van der Waals surface area contributed by atoms with Gasteiger partial charge in [0.05, 0.1) is 12.7 Å². The topological polar surface area (TPSA) is 38.3 Å². The molecular formula is C15H21NO2. The van der Waals surface area contributed by atoms with E-state index in [0.717, 1.165) is 29.8 Å². The Kier molecular flexibility index (Phi) is 4.15. The lowest BCUT2D eigenvalue weighted by molar-refractivity contribution is 0.0240. The first-order valence-electron chi connectivity index (χ1n) is 6.51. The lowest BCUT2D eigenvalue weighted by Crippen LogP contribution is -2.39. The highest BCUT2D eigenvalue weighted by molar-refractivity contribution is 5.99. The van der Waals surface area contributed by atoms with E-state index < -0.39 is 0 Å². The number of hydrogen-bond acceptors (Lipinski definition) is 3. The van der Waals surface area contributed by atoms with Crippen molar-refractivity contribution in [1.29, 1.82) is 0 Å². The summed E-state index contributed by atoms with van der Waals surface area (Å²) in [6, 6.07) is 4.14. The zero-order valence-electron chi connectivity index (χ0n) is 11.4. The number of Topliss-reactive ketones (excluding diaryl/α,β-unsaturated/α-hetero) is 1. The maximum Gasteiger partial charge on any atom is 0.166 e.